The highest BCUT2D eigenvalue weighted by Gasteiger charge is 2.48. The number of carbonyl (C=O) groups excluding carboxylic acids is 2. The summed E-state index contributed by atoms with van der Waals surface area (Å²) in [6.07, 6.45) is 5.49. The minimum Gasteiger partial charge on any atom is -0.385 e. The highest BCUT2D eigenvalue weighted by atomic mass is 16.5. The van der Waals surface area contributed by atoms with Crippen LogP contribution in [0.5, 0.6) is 0 Å². The van der Waals surface area contributed by atoms with Crippen LogP contribution in [-0.2, 0) is 20.7 Å². The van der Waals surface area contributed by atoms with Crippen LogP contribution in [0.15, 0.2) is 24.3 Å². The molecule has 0 N–H and O–H groups in total. The summed E-state index contributed by atoms with van der Waals surface area (Å²) in [5.41, 5.74) is 1.99. The molecule has 1 aromatic carbocycles. The zero-order valence-corrected chi connectivity index (χ0v) is 13.8. The van der Waals surface area contributed by atoms with Crippen molar-refractivity contribution in [2.24, 2.45) is 5.41 Å². The fraction of sp³-hybridized carbons (Fsp3) is 0.579. The van der Waals surface area contributed by atoms with Crippen molar-refractivity contribution in [2.75, 3.05) is 25.2 Å². The molecule has 1 aliphatic carbocycles. The molecule has 0 atom stereocenters. The van der Waals surface area contributed by atoms with Gasteiger partial charge in [-0.25, -0.2) is 0 Å². The summed E-state index contributed by atoms with van der Waals surface area (Å²) in [6, 6.07) is 8.31. The number of nitrogens with zero attached hydrogens (tertiary/aromatic N) is 1. The van der Waals surface area contributed by atoms with E-state index in [0.29, 0.717) is 18.6 Å². The summed E-state index contributed by atoms with van der Waals surface area (Å²) < 4.78 is 5.08. The second kappa shape index (κ2) is 6.83. The first-order chi connectivity index (χ1) is 11.1. The fourth-order valence-corrected chi connectivity index (χ4v) is 3.80. The molecular formula is C19H25NO3. The van der Waals surface area contributed by atoms with Crippen LogP contribution < -0.4 is 4.90 Å². The number of methoxy groups -OCH3 is 1. The molecule has 23 heavy (non-hydrogen) atoms. The normalized spacial score (nSPS) is 20.5. The number of hydrogen-bond acceptors (Lipinski definition) is 3. The number of ether oxygens (including phenoxy) is 1. The van der Waals surface area contributed by atoms with Crippen LogP contribution in [0, 0.1) is 5.41 Å². The molecule has 2 aliphatic rings. The third-order valence-electron chi connectivity index (χ3n) is 5.34. The topological polar surface area (TPSA) is 46.6 Å². The van der Waals surface area contributed by atoms with Crippen LogP contribution in [0.4, 0.5) is 5.69 Å². The van der Waals surface area contributed by atoms with E-state index in [9.17, 15) is 9.59 Å². The molecule has 3 rings (SSSR count). The maximum absolute atomic E-state index is 12.9. The third kappa shape index (κ3) is 3.32. The number of hydrogen-bond donors (Lipinski definition) is 0. The molecule has 2 fully saturated rings. The summed E-state index contributed by atoms with van der Waals surface area (Å²) in [5, 5.41) is 0. The van der Waals surface area contributed by atoms with Gasteiger partial charge in [0.05, 0.1) is 5.41 Å². The highest BCUT2D eigenvalue weighted by molar-refractivity contribution is 6.01. The van der Waals surface area contributed by atoms with Crippen LogP contribution in [0.2, 0.25) is 0 Å². The number of Topliss-reactive ketones (excluding diaryl/α,β-unsaturated/α-hetero) is 1. The lowest BCUT2D eigenvalue weighted by molar-refractivity contribution is -0.130. The van der Waals surface area contributed by atoms with Crippen molar-refractivity contribution >= 4 is 17.4 Å². The SMILES string of the molecule is COCCCc1ccc(N2CCC3(CCC(=O)CC3)C2=O)cc1. The molecular weight excluding hydrogens is 290 g/mol. The molecule has 1 aliphatic heterocycles. The molecule has 1 heterocycles. The molecule has 1 saturated heterocycles. The van der Waals surface area contributed by atoms with Crippen LogP contribution in [0.3, 0.4) is 0 Å². The zero-order chi connectivity index (χ0) is 16.3. The fourth-order valence-electron chi connectivity index (χ4n) is 3.80. The number of benzene rings is 1. The van der Waals surface area contributed by atoms with E-state index in [2.05, 4.69) is 12.1 Å². The van der Waals surface area contributed by atoms with E-state index in [1.807, 2.05) is 17.0 Å². The second-order valence-corrected chi connectivity index (χ2v) is 6.79. The van der Waals surface area contributed by atoms with Gasteiger partial charge in [0.15, 0.2) is 0 Å². The Bertz CT molecular complexity index is 569. The molecule has 1 saturated carbocycles. The maximum Gasteiger partial charge on any atom is 0.233 e. The van der Waals surface area contributed by atoms with Gasteiger partial charge >= 0.3 is 0 Å². The van der Waals surface area contributed by atoms with Gasteiger partial charge in [0.2, 0.25) is 5.91 Å². The molecule has 1 spiro atoms. The van der Waals surface area contributed by atoms with Crippen molar-refractivity contribution in [1.29, 1.82) is 0 Å². The predicted molar refractivity (Wildman–Crippen MR) is 89.5 cm³/mol. The number of ketones is 1. The average Bonchev–Trinajstić information content (AvgIpc) is 2.88. The van der Waals surface area contributed by atoms with Gasteiger partial charge in [0, 0.05) is 38.8 Å². The molecule has 4 heteroatoms. The first-order valence-corrected chi connectivity index (χ1v) is 8.56. The quantitative estimate of drug-likeness (QED) is 0.784. The summed E-state index contributed by atoms with van der Waals surface area (Å²) in [4.78, 5) is 26.3. The van der Waals surface area contributed by atoms with Gasteiger partial charge in [-0.1, -0.05) is 12.1 Å². The maximum atomic E-state index is 12.9. The van der Waals surface area contributed by atoms with Gasteiger partial charge in [0.25, 0.3) is 0 Å². The average molecular weight is 315 g/mol. The monoisotopic (exact) mass is 315 g/mol. The van der Waals surface area contributed by atoms with Crippen LogP contribution in [0.1, 0.15) is 44.1 Å². The Morgan fingerprint density at radius 1 is 1.09 bits per heavy atom. The number of amides is 1. The van der Waals surface area contributed by atoms with E-state index in [-0.39, 0.29) is 11.3 Å². The lowest BCUT2D eigenvalue weighted by Crippen LogP contribution is -2.37. The third-order valence-corrected chi connectivity index (χ3v) is 5.34. The van der Waals surface area contributed by atoms with E-state index in [1.54, 1.807) is 7.11 Å². The van der Waals surface area contributed by atoms with Crippen molar-refractivity contribution < 1.29 is 14.3 Å². The lowest BCUT2D eigenvalue weighted by atomic mass is 9.72. The van der Waals surface area contributed by atoms with Gasteiger partial charge in [-0.3, -0.25) is 9.59 Å². The first-order valence-electron chi connectivity index (χ1n) is 8.56. The zero-order valence-electron chi connectivity index (χ0n) is 13.8. The molecule has 124 valence electrons. The molecule has 1 aromatic rings. The smallest absolute Gasteiger partial charge is 0.233 e. The van der Waals surface area contributed by atoms with Crippen molar-refractivity contribution in [3.05, 3.63) is 29.8 Å². The molecule has 4 nitrogen and oxygen atoms in total. The van der Waals surface area contributed by atoms with Gasteiger partial charge in [-0.2, -0.15) is 0 Å². The van der Waals surface area contributed by atoms with Crippen molar-refractivity contribution in [2.45, 2.75) is 44.9 Å². The Morgan fingerprint density at radius 2 is 1.78 bits per heavy atom. The van der Waals surface area contributed by atoms with Gasteiger partial charge < -0.3 is 9.64 Å². The molecule has 0 radical (unpaired) electrons. The standard InChI is InChI=1S/C19H25NO3/c1-23-14-2-3-15-4-6-16(7-5-15)20-13-12-19(18(20)22)10-8-17(21)9-11-19/h4-7H,2-3,8-14H2,1H3. The Hall–Kier alpha value is -1.68. The van der Waals surface area contributed by atoms with E-state index in [0.717, 1.165) is 50.9 Å². The summed E-state index contributed by atoms with van der Waals surface area (Å²) >= 11 is 0. The van der Waals surface area contributed by atoms with E-state index < -0.39 is 0 Å². The molecule has 0 aromatic heterocycles. The van der Waals surface area contributed by atoms with Crippen LogP contribution in [0.25, 0.3) is 0 Å². The lowest BCUT2D eigenvalue weighted by Gasteiger charge is -2.31. The Balaban J connectivity index is 1.66. The highest BCUT2D eigenvalue weighted by Crippen LogP contribution is 2.45. The Labute approximate surface area is 137 Å². The first kappa shape index (κ1) is 16.2. The summed E-state index contributed by atoms with van der Waals surface area (Å²) in [6.45, 7) is 1.55. The molecule has 0 unspecified atom stereocenters. The minimum absolute atomic E-state index is 0.220. The van der Waals surface area contributed by atoms with Gasteiger partial charge in [-0.05, 0) is 49.8 Å². The predicted octanol–water partition coefficient (Wildman–Crippen LogP) is 3.13. The number of rotatable bonds is 5. The van der Waals surface area contributed by atoms with Crippen LogP contribution >= 0.6 is 0 Å². The number of anilines is 1. The van der Waals surface area contributed by atoms with Crippen LogP contribution in [-0.4, -0.2) is 32.0 Å². The van der Waals surface area contributed by atoms with E-state index in [4.69, 9.17) is 4.74 Å². The number of carbonyl (C=O) groups is 2. The van der Waals surface area contributed by atoms with Crippen molar-refractivity contribution in [3.8, 4) is 0 Å². The van der Waals surface area contributed by atoms with E-state index >= 15 is 0 Å². The summed E-state index contributed by atoms with van der Waals surface area (Å²) in [5.74, 6) is 0.527. The minimum atomic E-state index is -0.273. The largest absolute Gasteiger partial charge is 0.385 e. The van der Waals surface area contributed by atoms with Gasteiger partial charge in [0.1, 0.15) is 5.78 Å². The van der Waals surface area contributed by atoms with Crippen molar-refractivity contribution in [3.63, 3.8) is 0 Å². The molecule has 1 amide bonds. The van der Waals surface area contributed by atoms with Gasteiger partial charge in [-0.15, -0.1) is 0 Å². The van der Waals surface area contributed by atoms with E-state index in [1.165, 1.54) is 5.56 Å². The number of aryl methyl sites for hydroxylation is 1. The Morgan fingerprint density at radius 3 is 2.43 bits per heavy atom. The Kier molecular flexibility index (Phi) is 4.81. The summed E-state index contributed by atoms with van der Waals surface area (Å²) in [7, 11) is 1.72. The second-order valence-electron chi connectivity index (χ2n) is 6.79. The molecule has 0 bridgehead atoms. The van der Waals surface area contributed by atoms with Crippen molar-refractivity contribution in [1.82, 2.24) is 0 Å².